The molecule has 2 rings (SSSR count). The SMILES string of the molecule is CNCc1c(Br)c2ccccc2n1C. The van der Waals surface area contributed by atoms with Crippen molar-refractivity contribution < 1.29 is 0 Å². The number of nitrogens with zero attached hydrogens (tertiary/aromatic N) is 1. The molecule has 0 saturated carbocycles. The summed E-state index contributed by atoms with van der Waals surface area (Å²) < 4.78 is 3.42. The number of hydrogen-bond donors (Lipinski definition) is 1. The summed E-state index contributed by atoms with van der Waals surface area (Å²) in [6.45, 7) is 0.881. The maximum atomic E-state index is 3.64. The number of rotatable bonds is 2. The number of nitrogens with one attached hydrogen (secondary N) is 1. The van der Waals surface area contributed by atoms with Gasteiger partial charge >= 0.3 is 0 Å². The summed E-state index contributed by atoms with van der Waals surface area (Å²) in [6, 6.07) is 8.41. The van der Waals surface area contributed by atoms with Crippen molar-refractivity contribution in [1.82, 2.24) is 9.88 Å². The van der Waals surface area contributed by atoms with Gasteiger partial charge in [-0.3, -0.25) is 0 Å². The zero-order valence-corrected chi connectivity index (χ0v) is 9.93. The van der Waals surface area contributed by atoms with Gasteiger partial charge in [0, 0.05) is 34.7 Å². The number of benzene rings is 1. The van der Waals surface area contributed by atoms with Gasteiger partial charge in [-0.25, -0.2) is 0 Å². The Hall–Kier alpha value is -0.800. The molecule has 0 fully saturated rings. The van der Waals surface area contributed by atoms with Crippen LogP contribution in [0.25, 0.3) is 10.9 Å². The average molecular weight is 253 g/mol. The second-order valence-corrected chi connectivity index (χ2v) is 4.16. The first-order chi connectivity index (χ1) is 6.75. The van der Waals surface area contributed by atoms with E-state index in [0.717, 1.165) is 6.54 Å². The van der Waals surface area contributed by atoms with Crippen LogP contribution < -0.4 is 5.32 Å². The maximum Gasteiger partial charge on any atom is 0.0492 e. The molecule has 1 aromatic carbocycles. The van der Waals surface area contributed by atoms with Gasteiger partial charge in [-0.2, -0.15) is 0 Å². The van der Waals surface area contributed by atoms with Crippen LogP contribution in [0.1, 0.15) is 5.69 Å². The van der Waals surface area contributed by atoms with Crippen LogP contribution in [-0.2, 0) is 13.6 Å². The minimum atomic E-state index is 0.881. The Morgan fingerprint density at radius 3 is 2.71 bits per heavy atom. The number of fused-ring (bicyclic) bond motifs is 1. The molecule has 74 valence electrons. The fraction of sp³-hybridized carbons (Fsp3) is 0.273. The third-order valence-electron chi connectivity index (χ3n) is 2.50. The van der Waals surface area contributed by atoms with Gasteiger partial charge in [-0.15, -0.1) is 0 Å². The van der Waals surface area contributed by atoms with Crippen LogP contribution in [0.5, 0.6) is 0 Å². The van der Waals surface area contributed by atoms with Crippen molar-refractivity contribution in [2.45, 2.75) is 6.54 Å². The topological polar surface area (TPSA) is 17.0 Å². The fourth-order valence-corrected chi connectivity index (χ4v) is 2.50. The number of halogens is 1. The van der Waals surface area contributed by atoms with Crippen LogP contribution in [0.3, 0.4) is 0 Å². The van der Waals surface area contributed by atoms with Crippen molar-refractivity contribution in [2.24, 2.45) is 7.05 Å². The largest absolute Gasteiger partial charge is 0.345 e. The van der Waals surface area contributed by atoms with E-state index in [1.165, 1.54) is 21.1 Å². The molecule has 1 heterocycles. The van der Waals surface area contributed by atoms with E-state index in [-0.39, 0.29) is 0 Å². The first-order valence-corrected chi connectivity index (χ1v) is 5.41. The number of aromatic nitrogens is 1. The number of hydrogen-bond acceptors (Lipinski definition) is 1. The van der Waals surface area contributed by atoms with Gasteiger partial charge in [0.1, 0.15) is 0 Å². The molecule has 0 atom stereocenters. The number of para-hydroxylation sites is 1. The molecule has 0 saturated heterocycles. The van der Waals surface area contributed by atoms with Gasteiger partial charge in [0.25, 0.3) is 0 Å². The molecule has 14 heavy (non-hydrogen) atoms. The first-order valence-electron chi connectivity index (χ1n) is 4.62. The Morgan fingerprint density at radius 1 is 1.36 bits per heavy atom. The summed E-state index contributed by atoms with van der Waals surface area (Å²) in [5.74, 6) is 0. The van der Waals surface area contributed by atoms with Gasteiger partial charge < -0.3 is 9.88 Å². The molecule has 0 spiro atoms. The molecule has 3 heteroatoms. The standard InChI is InChI=1S/C11H13BrN2/c1-13-7-10-11(12)8-5-3-4-6-9(8)14(10)2/h3-6,13H,7H2,1-2H3. The highest BCUT2D eigenvalue weighted by molar-refractivity contribution is 9.10. The molecule has 2 nitrogen and oxygen atoms in total. The molecule has 0 aliphatic carbocycles. The molecule has 0 radical (unpaired) electrons. The highest BCUT2D eigenvalue weighted by Gasteiger charge is 2.10. The molecular weight excluding hydrogens is 240 g/mol. The van der Waals surface area contributed by atoms with Gasteiger partial charge in [0.15, 0.2) is 0 Å². The lowest BCUT2D eigenvalue weighted by atomic mass is 10.2. The quantitative estimate of drug-likeness (QED) is 0.870. The molecule has 1 N–H and O–H groups in total. The zero-order chi connectivity index (χ0) is 10.1. The van der Waals surface area contributed by atoms with E-state index < -0.39 is 0 Å². The Balaban J connectivity index is 2.72. The van der Waals surface area contributed by atoms with Crippen LogP contribution in [0.4, 0.5) is 0 Å². The third kappa shape index (κ3) is 1.37. The van der Waals surface area contributed by atoms with Crippen LogP contribution in [0.15, 0.2) is 28.7 Å². The highest BCUT2D eigenvalue weighted by atomic mass is 79.9. The van der Waals surface area contributed by atoms with Crippen molar-refractivity contribution in [2.75, 3.05) is 7.05 Å². The van der Waals surface area contributed by atoms with E-state index in [4.69, 9.17) is 0 Å². The van der Waals surface area contributed by atoms with Gasteiger partial charge in [0.2, 0.25) is 0 Å². The highest BCUT2D eigenvalue weighted by Crippen LogP contribution is 2.29. The van der Waals surface area contributed by atoms with E-state index in [2.05, 4.69) is 57.1 Å². The minimum absolute atomic E-state index is 0.881. The minimum Gasteiger partial charge on any atom is -0.345 e. The Morgan fingerprint density at radius 2 is 2.07 bits per heavy atom. The average Bonchev–Trinajstić information content (AvgIpc) is 2.45. The van der Waals surface area contributed by atoms with Crippen LogP contribution >= 0.6 is 15.9 Å². The van der Waals surface area contributed by atoms with Crippen molar-refractivity contribution in [3.63, 3.8) is 0 Å². The molecule has 0 amide bonds. The molecule has 0 aliphatic rings. The lowest BCUT2D eigenvalue weighted by Gasteiger charge is -2.03. The second-order valence-electron chi connectivity index (χ2n) is 3.37. The monoisotopic (exact) mass is 252 g/mol. The third-order valence-corrected chi connectivity index (χ3v) is 3.39. The van der Waals surface area contributed by atoms with Gasteiger partial charge in [-0.05, 0) is 29.0 Å². The summed E-state index contributed by atoms with van der Waals surface area (Å²) >= 11 is 3.64. The predicted molar refractivity (Wildman–Crippen MR) is 63.4 cm³/mol. The lowest BCUT2D eigenvalue weighted by molar-refractivity contribution is 0.741. The van der Waals surface area contributed by atoms with E-state index in [1.54, 1.807) is 0 Å². The molecule has 2 aromatic rings. The van der Waals surface area contributed by atoms with E-state index in [1.807, 2.05) is 7.05 Å². The normalized spacial score (nSPS) is 11.1. The molecular formula is C11H13BrN2. The Kier molecular flexibility index (Phi) is 2.61. The van der Waals surface area contributed by atoms with Crippen LogP contribution in [-0.4, -0.2) is 11.6 Å². The smallest absolute Gasteiger partial charge is 0.0492 e. The van der Waals surface area contributed by atoms with Crippen LogP contribution in [0.2, 0.25) is 0 Å². The molecule has 1 aromatic heterocycles. The lowest BCUT2D eigenvalue weighted by Crippen LogP contribution is -2.09. The number of aryl methyl sites for hydroxylation is 1. The summed E-state index contributed by atoms with van der Waals surface area (Å²) in [5, 5.41) is 4.45. The van der Waals surface area contributed by atoms with E-state index in [9.17, 15) is 0 Å². The fourth-order valence-electron chi connectivity index (χ4n) is 1.76. The molecule has 0 unspecified atom stereocenters. The molecule has 0 bridgehead atoms. The second kappa shape index (κ2) is 3.75. The summed E-state index contributed by atoms with van der Waals surface area (Å²) in [7, 11) is 4.06. The Bertz CT molecular complexity index is 421. The van der Waals surface area contributed by atoms with Crippen molar-refractivity contribution in [3.05, 3.63) is 34.4 Å². The van der Waals surface area contributed by atoms with Crippen molar-refractivity contribution in [1.29, 1.82) is 0 Å². The maximum absolute atomic E-state index is 3.64. The van der Waals surface area contributed by atoms with Gasteiger partial charge in [-0.1, -0.05) is 18.2 Å². The summed E-state index contributed by atoms with van der Waals surface area (Å²) in [4.78, 5) is 0. The van der Waals surface area contributed by atoms with Gasteiger partial charge in [0.05, 0.1) is 0 Å². The van der Waals surface area contributed by atoms with E-state index in [0.29, 0.717) is 0 Å². The van der Waals surface area contributed by atoms with Crippen LogP contribution in [0, 0.1) is 0 Å². The predicted octanol–water partition coefficient (Wildman–Crippen LogP) is 2.66. The van der Waals surface area contributed by atoms with Crippen molar-refractivity contribution >= 4 is 26.8 Å². The Labute approximate surface area is 92.0 Å². The summed E-state index contributed by atoms with van der Waals surface area (Å²) in [6.07, 6.45) is 0. The summed E-state index contributed by atoms with van der Waals surface area (Å²) in [5.41, 5.74) is 2.55. The van der Waals surface area contributed by atoms with Crippen molar-refractivity contribution in [3.8, 4) is 0 Å². The zero-order valence-electron chi connectivity index (χ0n) is 8.34. The van der Waals surface area contributed by atoms with E-state index >= 15 is 0 Å². The molecule has 0 aliphatic heterocycles. The first kappa shape index (κ1) is 9.74.